The summed E-state index contributed by atoms with van der Waals surface area (Å²) in [5.41, 5.74) is 0. The third-order valence-electron chi connectivity index (χ3n) is 2.41. The molecule has 0 bridgehead atoms. The Morgan fingerprint density at radius 3 is 2.50 bits per heavy atom. The fraction of sp³-hybridized carbons (Fsp3) is 0.364. The van der Waals surface area contributed by atoms with Crippen LogP contribution >= 0.6 is 0 Å². The van der Waals surface area contributed by atoms with E-state index in [0.29, 0.717) is 5.75 Å². The Bertz CT molecular complexity index is 584. The van der Waals surface area contributed by atoms with Crippen molar-refractivity contribution in [1.29, 1.82) is 0 Å². The van der Waals surface area contributed by atoms with E-state index in [1.807, 2.05) is 4.72 Å². The second-order valence-corrected chi connectivity index (χ2v) is 5.46. The van der Waals surface area contributed by atoms with Crippen LogP contribution in [0, 0.1) is 0 Å². The Morgan fingerprint density at radius 2 is 2.00 bits per heavy atom. The van der Waals surface area contributed by atoms with E-state index in [1.165, 1.54) is 32.4 Å². The van der Waals surface area contributed by atoms with Crippen molar-refractivity contribution in [3.8, 4) is 11.5 Å². The number of carbonyl (C=O) groups is 1. The smallest absolute Gasteiger partial charge is 0.333 e. The Hall–Kier alpha value is -1.84. The topological polar surface area (TPSA) is 122 Å². The van der Waals surface area contributed by atoms with Gasteiger partial charge < -0.3 is 19.7 Å². The Labute approximate surface area is 116 Å². The number of rotatable bonds is 7. The highest BCUT2D eigenvalue weighted by Crippen LogP contribution is 2.28. The summed E-state index contributed by atoms with van der Waals surface area (Å²) in [6.07, 6.45) is -1.82. The van der Waals surface area contributed by atoms with Gasteiger partial charge in [-0.05, 0) is 12.1 Å². The lowest BCUT2D eigenvalue weighted by Gasteiger charge is -2.12. The van der Waals surface area contributed by atoms with Crippen molar-refractivity contribution in [2.24, 2.45) is 0 Å². The zero-order chi connectivity index (χ0) is 15.3. The van der Waals surface area contributed by atoms with Crippen LogP contribution in [-0.2, 0) is 14.8 Å². The summed E-state index contributed by atoms with van der Waals surface area (Å²) in [5, 5.41) is 17.6. The highest BCUT2D eigenvalue weighted by Gasteiger charge is 2.23. The number of sulfonamides is 1. The van der Waals surface area contributed by atoms with Gasteiger partial charge in [-0.25, -0.2) is 17.9 Å². The van der Waals surface area contributed by atoms with Crippen LogP contribution in [0.2, 0.25) is 0 Å². The van der Waals surface area contributed by atoms with Gasteiger partial charge in [0.2, 0.25) is 10.0 Å². The van der Waals surface area contributed by atoms with Crippen LogP contribution in [0.25, 0.3) is 0 Å². The maximum absolute atomic E-state index is 12.0. The molecule has 0 aliphatic rings. The monoisotopic (exact) mass is 305 g/mol. The van der Waals surface area contributed by atoms with Gasteiger partial charge in [0.05, 0.1) is 14.2 Å². The number of aliphatic hydroxyl groups is 1. The molecule has 3 N–H and O–H groups in total. The second-order valence-electron chi connectivity index (χ2n) is 3.72. The normalized spacial score (nSPS) is 12.8. The van der Waals surface area contributed by atoms with Crippen LogP contribution in [0.15, 0.2) is 23.1 Å². The van der Waals surface area contributed by atoms with Gasteiger partial charge in [-0.15, -0.1) is 0 Å². The standard InChI is InChI=1S/C11H15NO7S/c1-18-7-3-4-10(9(5-7)19-2)20(16,17)12-6-8(13)11(14)15/h3-5,8,12-13H,6H2,1-2H3,(H,14,15)/t8-/m0/s1. The SMILES string of the molecule is COc1ccc(S(=O)(=O)NC[C@H](O)C(=O)O)c(OC)c1. The summed E-state index contributed by atoms with van der Waals surface area (Å²) in [6.45, 7) is -0.646. The van der Waals surface area contributed by atoms with Gasteiger partial charge in [0.25, 0.3) is 0 Å². The Morgan fingerprint density at radius 1 is 1.35 bits per heavy atom. The summed E-state index contributed by atoms with van der Waals surface area (Å²) in [7, 11) is -1.30. The van der Waals surface area contributed by atoms with Gasteiger partial charge >= 0.3 is 5.97 Å². The maximum atomic E-state index is 12.0. The molecule has 0 saturated heterocycles. The maximum Gasteiger partial charge on any atom is 0.333 e. The number of hydrogen-bond acceptors (Lipinski definition) is 6. The summed E-state index contributed by atoms with van der Waals surface area (Å²) in [6, 6.07) is 4.06. The van der Waals surface area contributed by atoms with Crippen molar-refractivity contribution in [3.63, 3.8) is 0 Å². The first-order valence-corrected chi connectivity index (χ1v) is 6.92. The highest BCUT2D eigenvalue weighted by molar-refractivity contribution is 7.89. The van der Waals surface area contributed by atoms with Gasteiger partial charge in [0.1, 0.15) is 16.4 Å². The number of aliphatic hydroxyl groups excluding tert-OH is 1. The molecular formula is C11H15NO7S. The van der Waals surface area contributed by atoms with Crippen molar-refractivity contribution in [1.82, 2.24) is 4.72 Å². The largest absolute Gasteiger partial charge is 0.497 e. The van der Waals surface area contributed by atoms with Crippen LogP contribution in [0.3, 0.4) is 0 Å². The third-order valence-corrected chi connectivity index (χ3v) is 3.88. The molecule has 1 aromatic rings. The lowest BCUT2D eigenvalue weighted by Crippen LogP contribution is -2.36. The minimum absolute atomic E-state index is 0.0432. The van der Waals surface area contributed by atoms with Crippen molar-refractivity contribution in [2.45, 2.75) is 11.0 Å². The van der Waals surface area contributed by atoms with Crippen LogP contribution < -0.4 is 14.2 Å². The van der Waals surface area contributed by atoms with Crippen LogP contribution in [0.1, 0.15) is 0 Å². The number of methoxy groups -OCH3 is 2. The number of benzene rings is 1. The van der Waals surface area contributed by atoms with E-state index in [0.717, 1.165) is 0 Å². The molecule has 9 heteroatoms. The van der Waals surface area contributed by atoms with Crippen LogP contribution in [0.5, 0.6) is 11.5 Å². The van der Waals surface area contributed by atoms with E-state index in [2.05, 4.69) is 0 Å². The van der Waals surface area contributed by atoms with E-state index in [4.69, 9.17) is 19.7 Å². The molecule has 0 radical (unpaired) electrons. The first-order chi connectivity index (χ1) is 9.31. The van der Waals surface area contributed by atoms with E-state index in [-0.39, 0.29) is 10.6 Å². The van der Waals surface area contributed by atoms with E-state index in [9.17, 15) is 13.2 Å². The number of nitrogens with one attached hydrogen (secondary N) is 1. The first-order valence-electron chi connectivity index (χ1n) is 5.44. The molecular weight excluding hydrogens is 290 g/mol. The van der Waals surface area contributed by atoms with Gasteiger partial charge in [-0.1, -0.05) is 0 Å². The molecule has 1 atom stereocenters. The molecule has 0 fully saturated rings. The lowest BCUT2D eigenvalue weighted by atomic mass is 10.3. The number of ether oxygens (including phenoxy) is 2. The lowest BCUT2D eigenvalue weighted by molar-refractivity contribution is -0.146. The zero-order valence-electron chi connectivity index (χ0n) is 10.9. The zero-order valence-corrected chi connectivity index (χ0v) is 11.7. The molecule has 0 spiro atoms. The minimum atomic E-state index is -4.01. The van der Waals surface area contributed by atoms with Crippen molar-refractivity contribution >= 4 is 16.0 Å². The van der Waals surface area contributed by atoms with Gasteiger partial charge in [0.15, 0.2) is 6.10 Å². The fourth-order valence-electron chi connectivity index (χ4n) is 1.35. The molecule has 1 rings (SSSR count). The summed E-state index contributed by atoms with van der Waals surface area (Å²) >= 11 is 0. The summed E-state index contributed by atoms with van der Waals surface area (Å²) in [5.74, 6) is -1.07. The summed E-state index contributed by atoms with van der Waals surface area (Å²) in [4.78, 5) is 10.3. The molecule has 112 valence electrons. The molecule has 0 aliphatic heterocycles. The Balaban J connectivity index is 3.00. The van der Waals surface area contributed by atoms with Crippen LogP contribution in [0.4, 0.5) is 0 Å². The van der Waals surface area contributed by atoms with Gasteiger partial charge in [-0.3, -0.25) is 0 Å². The summed E-state index contributed by atoms with van der Waals surface area (Å²) < 4.78 is 35.9. The predicted molar refractivity (Wildman–Crippen MR) is 68.4 cm³/mol. The molecule has 0 aromatic heterocycles. The van der Waals surface area contributed by atoms with Crippen molar-refractivity contribution in [2.75, 3.05) is 20.8 Å². The first kappa shape index (κ1) is 16.2. The van der Waals surface area contributed by atoms with Crippen molar-refractivity contribution in [3.05, 3.63) is 18.2 Å². The second kappa shape index (κ2) is 6.55. The average Bonchev–Trinajstić information content (AvgIpc) is 2.43. The fourth-order valence-corrected chi connectivity index (χ4v) is 2.54. The van der Waals surface area contributed by atoms with Gasteiger partial charge in [0, 0.05) is 12.6 Å². The average molecular weight is 305 g/mol. The number of aliphatic carboxylic acids is 1. The number of hydrogen-bond donors (Lipinski definition) is 3. The van der Waals surface area contributed by atoms with Gasteiger partial charge in [-0.2, -0.15) is 0 Å². The van der Waals surface area contributed by atoms with E-state index in [1.54, 1.807) is 0 Å². The van der Waals surface area contributed by atoms with Crippen molar-refractivity contribution < 1.29 is 32.9 Å². The molecule has 0 aliphatic carbocycles. The third kappa shape index (κ3) is 3.83. The highest BCUT2D eigenvalue weighted by atomic mass is 32.2. The van der Waals surface area contributed by atoms with Crippen LogP contribution in [-0.4, -0.2) is 51.5 Å². The Kier molecular flexibility index (Phi) is 5.31. The predicted octanol–water partition coefficient (Wildman–Crippen LogP) is -0.572. The number of carboxylic acids is 1. The molecule has 0 heterocycles. The molecule has 0 unspecified atom stereocenters. The molecule has 0 saturated carbocycles. The van der Waals surface area contributed by atoms with E-state index < -0.39 is 28.6 Å². The molecule has 8 nitrogen and oxygen atoms in total. The molecule has 1 aromatic carbocycles. The minimum Gasteiger partial charge on any atom is -0.497 e. The molecule has 0 amide bonds. The van der Waals surface area contributed by atoms with E-state index >= 15 is 0 Å². The quantitative estimate of drug-likeness (QED) is 0.616. The molecule has 20 heavy (non-hydrogen) atoms. The number of carboxylic acid groups (broad SMARTS) is 1.